The van der Waals surface area contributed by atoms with Gasteiger partial charge in [-0.25, -0.2) is 0 Å². The number of para-hydroxylation sites is 1. The highest BCUT2D eigenvalue weighted by atomic mass is 35.5. The van der Waals surface area contributed by atoms with Crippen LogP contribution in [-0.4, -0.2) is 49.7 Å². The van der Waals surface area contributed by atoms with Gasteiger partial charge in [0.2, 0.25) is 0 Å². The molecule has 3 rings (SSSR count). The molecular weight excluding hydrogens is 372 g/mol. The third-order valence-corrected chi connectivity index (χ3v) is 5.45. The Labute approximate surface area is 174 Å². The molecule has 0 aromatic heterocycles. The van der Waals surface area contributed by atoms with Gasteiger partial charge in [0, 0.05) is 38.5 Å². The smallest absolute Gasteiger partial charge is 0.256 e. The summed E-state index contributed by atoms with van der Waals surface area (Å²) in [6, 6.07) is 20.9. The summed E-state index contributed by atoms with van der Waals surface area (Å²) in [7, 11) is 1.60. The molecule has 1 aliphatic rings. The van der Waals surface area contributed by atoms with Crippen molar-refractivity contribution in [3.05, 3.63) is 66.2 Å². The highest BCUT2D eigenvalue weighted by Gasteiger charge is 2.31. The molecule has 0 N–H and O–H groups in total. The summed E-state index contributed by atoms with van der Waals surface area (Å²) in [6.07, 6.45) is 2.63. The molecule has 2 aromatic rings. The Kier molecular flexibility index (Phi) is 8.97. The molecule has 1 saturated heterocycles. The number of ether oxygens (including phenoxy) is 1. The number of amides is 1. The summed E-state index contributed by atoms with van der Waals surface area (Å²) in [4.78, 5) is 17.4. The highest BCUT2D eigenvalue weighted by molar-refractivity contribution is 5.96. The van der Waals surface area contributed by atoms with E-state index in [9.17, 15) is 4.79 Å². The Bertz CT molecular complexity index is 703. The van der Waals surface area contributed by atoms with Crippen molar-refractivity contribution in [1.82, 2.24) is 4.90 Å². The molecule has 1 unspecified atom stereocenters. The maximum Gasteiger partial charge on any atom is 0.256 e. The van der Waals surface area contributed by atoms with Crippen LogP contribution in [0.2, 0.25) is 0 Å². The van der Waals surface area contributed by atoms with E-state index in [1.54, 1.807) is 7.11 Å². The van der Waals surface area contributed by atoms with E-state index in [1.807, 2.05) is 42.2 Å². The van der Waals surface area contributed by atoms with Gasteiger partial charge >= 0.3 is 0 Å². The van der Waals surface area contributed by atoms with E-state index in [4.69, 9.17) is 4.74 Å². The lowest BCUT2D eigenvalue weighted by Crippen LogP contribution is -2.50. The summed E-state index contributed by atoms with van der Waals surface area (Å²) in [5, 5.41) is 0. The second-order valence-corrected chi connectivity index (χ2v) is 7.23. The Balaban J connectivity index is 0.00000280. The van der Waals surface area contributed by atoms with Gasteiger partial charge in [-0.2, -0.15) is 0 Å². The van der Waals surface area contributed by atoms with Crippen LogP contribution >= 0.6 is 12.4 Å². The Morgan fingerprint density at radius 2 is 1.64 bits per heavy atom. The highest BCUT2D eigenvalue weighted by Crippen LogP contribution is 2.25. The molecule has 0 saturated carbocycles. The molecule has 1 aliphatic heterocycles. The van der Waals surface area contributed by atoms with Crippen molar-refractivity contribution in [1.29, 1.82) is 0 Å². The molecule has 0 bridgehead atoms. The zero-order chi connectivity index (χ0) is 19.1. The van der Waals surface area contributed by atoms with Crippen LogP contribution < -0.4 is 4.90 Å². The maximum atomic E-state index is 13.0. The van der Waals surface area contributed by atoms with E-state index in [1.165, 1.54) is 5.56 Å². The Morgan fingerprint density at radius 1 is 1.07 bits per heavy atom. The summed E-state index contributed by atoms with van der Waals surface area (Å²) >= 11 is 0. The van der Waals surface area contributed by atoms with Crippen molar-refractivity contribution >= 4 is 24.0 Å². The van der Waals surface area contributed by atoms with Crippen molar-refractivity contribution in [2.24, 2.45) is 0 Å². The standard InChI is InChI=1S/C23H30N2O2.ClH/c1-19(27-2)23(26)25(21-11-7-4-8-12-21)22-14-17-24(18-15-22)16-13-20-9-5-3-6-10-20;/h3-12,19,22H,13-18H2,1-2H3;1H. The van der Waals surface area contributed by atoms with Gasteiger partial charge < -0.3 is 14.5 Å². The molecule has 0 aliphatic carbocycles. The van der Waals surface area contributed by atoms with Crippen molar-refractivity contribution in [2.45, 2.75) is 38.3 Å². The normalized spacial score (nSPS) is 16.2. The van der Waals surface area contributed by atoms with E-state index in [2.05, 4.69) is 35.2 Å². The van der Waals surface area contributed by atoms with Gasteiger partial charge in [-0.3, -0.25) is 4.79 Å². The van der Waals surface area contributed by atoms with Gasteiger partial charge in [0.05, 0.1) is 0 Å². The molecule has 5 heteroatoms. The third kappa shape index (κ3) is 5.81. The summed E-state index contributed by atoms with van der Waals surface area (Å²) in [6.45, 7) is 4.95. The fraction of sp³-hybridized carbons (Fsp3) is 0.435. The minimum atomic E-state index is -0.429. The number of nitrogens with zero attached hydrogens (tertiary/aromatic N) is 2. The van der Waals surface area contributed by atoms with Gasteiger partial charge in [-0.15, -0.1) is 12.4 Å². The Hall–Kier alpha value is -1.88. The molecule has 1 heterocycles. The predicted octanol–water partition coefficient (Wildman–Crippen LogP) is 4.18. The largest absolute Gasteiger partial charge is 0.372 e. The number of carbonyl (C=O) groups is 1. The lowest BCUT2D eigenvalue weighted by atomic mass is 10.0. The number of piperidine rings is 1. The molecule has 0 radical (unpaired) electrons. The number of carbonyl (C=O) groups excluding carboxylic acids is 1. The minimum Gasteiger partial charge on any atom is -0.372 e. The maximum absolute atomic E-state index is 13.0. The van der Waals surface area contributed by atoms with Crippen molar-refractivity contribution in [2.75, 3.05) is 31.6 Å². The molecule has 1 atom stereocenters. The number of anilines is 1. The first-order valence-electron chi connectivity index (χ1n) is 9.86. The second kappa shape index (κ2) is 11.2. The zero-order valence-corrected chi connectivity index (χ0v) is 17.6. The molecule has 0 spiro atoms. The zero-order valence-electron chi connectivity index (χ0n) is 16.8. The van der Waals surface area contributed by atoms with Crippen molar-refractivity contribution < 1.29 is 9.53 Å². The number of halogens is 1. The van der Waals surface area contributed by atoms with Gasteiger partial charge in [0.1, 0.15) is 6.10 Å². The number of methoxy groups -OCH3 is 1. The fourth-order valence-electron chi connectivity index (χ4n) is 3.74. The number of benzene rings is 2. The van der Waals surface area contributed by atoms with E-state index in [0.717, 1.165) is 44.6 Å². The predicted molar refractivity (Wildman–Crippen MR) is 117 cm³/mol. The molecule has 28 heavy (non-hydrogen) atoms. The van der Waals surface area contributed by atoms with Crippen LogP contribution in [0.15, 0.2) is 60.7 Å². The summed E-state index contributed by atoms with van der Waals surface area (Å²) in [5.74, 6) is 0.0476. The van der Waals surface area contributed by atoms with Crippen molar-refractivity contribution in [3.63, 3.8) is 0 Å². The first kappa shape index (κ1) is 22.4. The van der Waals surface area contributed by atoms with Gasteiger partial charge in [0.25, 0.3) is 5.91 Å². The van der Waals surface area contributed by atoms with Crippen LogP contribution in [0, 0.1) is 0 Å². The molecular formula is C23H31ClN2O2. The van der Waals surface area contributed by atoms with E-state index in [-0.39, 0.29) is 24.4 Å². The second-order valence-electron chi connectivity index (χ2n) is 7.23. The van der Waals surface area contributed by atoms with E-state index in [0.29, 0.717) is 0 Å². The van der Waals surface area contributed by atoms with E-state index >= 15 is 0 Å². The first-order chi connectivity index (χ1) is 13.2. The van der Waals surface area contributed by atoms with Crippen molar-refractivity contribution in [3.8, 4) is 0 Å². The minimum absolute atomic E-state index is 0. The monoisotopic (exact) mass is 402 g/mol. The van der Waals surface area contributed by atoms with Crippen LogP contribution in [0.25, 0.3) is 0 Å². The lowest BCUT2D eigenvalue weighted by molar-refractivity contribution is -0.128. The molecule has 152 valence electrons. The quantitative estimate of drug-likeness (QED) is 0.696. The first-order valence-corrected chi connectivity index (χ1v) is 9.86. The van der Waals surface area contributed by atoms with E-state index < -0.39 is 6.10 Å². The van der Waals surface area contributed by atoms with Gasteiger partial charge in [-0.05, 0) is 43.9 Å². The van der Waals surface area contributed by atoms with Crippen LogP contribution in [0.4, 0.5) is 5.69 Å². The number of hydrogen-bond donors (Lipinski definition) is 0. The van der Waals surface area contributed by atoms with Crippen LogP contribution in [-0.2, 0) is 16.0 Å². The average Bonchev–Trinajstić information content (AvgIpc) is 2.74. The van der Waals surface area contributed by atoms with Gasteiger partial charge in [-0.1, -0.05) is 48.5 Å². The number of rotatable bonds is 7. The molecule has 1 fully saturated rings. The summed E-state index contributed by atoms with van der Waals surface area (Å²) < 4.78 is 5.31. The number of hydrogen-bond acceptors (Lipinski definition) is 3. The van der Waals surface area contributed by atoms with Gasteiger partial charge in [0.15, 0.2) is 0 Å². The summed E-state index contributed by atoms with van der Waals surface area (Å²) in [5.41, 5.74) is 2.35. The molecule has 4 nitrogen and oxygen atoms in total. The Morgan fingerprint density at radius 3 is 2.21 bits per heavy atom. The fourth-order valence-corrected chi connectivity index (χ4v) is 3.74. The average molecular weight is 403 g/mol. The van der Waals surface area contributed by atoms with Crippen LogP contribution in [0.1, 0.15) is 25.3 Å². The third-order valence-electron chi connectivity index (χ3n) is 5.45. The lowest BCUT2D eigenvalue weighted by Gasteiger charge is -2.39. The van der Waals surface area contributed by atoms with Crippen LogP contribution in [0.3, 0.4) is 0 Å². The molecule has 1 amide bonds. The SMILES string of the molecule is COC(C)C(=O)N(c1ccccc1)C1CCN(CCc2ccccc2)CC1.Cl. The number of likely N-dealkylation sites (tertiary alicyclic amines) is 1. The van der Waals surface area contributed by atoms with Crippen LogP contribution in [0.5, 0.6) is 0 Å². The topological polar surface area (TPSA) is 32.8 Å². The molecule has 2 aromatic carbocycles.